The van der Waals surface area contributed by atoms with Gasteiger partial charge >= 0.3 is 11.9 Å². The number of carbonyl (C=O) groups excluding carboxylic acids is 2. The lowest BCUT2D eigenvalue weighted by Crippen LogP contribution is -2.65. The number of amides is 1. The molecule has 18 nitrogen and oxygen atoms in total. The number of ketones is 1. The van der Waals surface area contributed by atoms with Crippen LogP contribution >= 0.6 is 0 Å². The number of hydrogen-bond donors (Lipinski definition) is 9. The third-order valence-corrected chi connectivity index (χ3v) is 11.5. The first-order valence-electron chi connectivity index (χ1n) is 21.5. The average molecular weight is 848 g/mol. The number of aliphatic hydroxyl groups excluding tert-OH is 7. The predicted molar refractivity (Wildman–Crippen MR) is 209 cm³/mol. The maximum atomic E-state index is 12.5. The van der Waals surface area contributed by atoms with Crippen LogP contribution in [0.1, 0.15) is 135 Å². The van der Waals surface area contributed by atoms with Gasteiger partial charge in [0.25, 0.3) is 5.91 Å². The summed E-state index contributed by atoms with van der Waals surface area (Å²) in [7, 11) is 1.39. The van der Waals surface area contributed by atoms with Crippen molar-refractivity contribution in [2.24, 2.45) is 0 Å². The minimum Gasteiger partial charge on any atom is -0.509 e. The van der Waals surface area contributed by atoms with Crippen LogP contribution in [0.25, 0.3) is 0 Å². The summed E-state index contributed by atoms with van der Waals surface area (Å²) in [5.41, 5.74) is -0.265. The minimum atomic E-state index is -1.84. The molecule has 3 aliphatic heterocycles. The highest BCUT2D eigenvalue weighted by Gasteiger charge is 2.53. The highest BCUT2D eigenvalue weighted by Crippen LogP contribution is 2.31. The Kier molecular flexibility index (Phi) is 22.7. The molecule has 0 saturated carbocycles. The Morgan fingerprint density at radius 3 is 1.59 bits per heavy atom. The summed E-state index contributed by atoms with van der Waals surface area (Å²) in [4.78, 5) is 48.9. The lowest BCUT2D eigenvalue weighted by molar-refractivity contribution is -0.354. The van der Waals surface area contributed by atoms with Crippen LogP contribution in [0.15, 0.2) is 11.3 Å². The van der Waals surface area contributed by atoms with Crippen LogP contribution in [0.3, 0.4) is 0 Å². The molecule has 9 N–H and O–H groups in total. The molecule has 2 saturated heterocycles. The van der Waals surface area contributed by atoms with Crippen molar-refractivity contribution in [3.05, 3.63) is 11.3 Å². The molecule has 1 amide bonds. The number of ether oxygens (including phenoxy) is 4. The average Bonchev–Trinajstić information content (AvgIpc) is 3.41. The van der Waals surface area contributed by atoms with E-state index >= 15 is 0 Å². The van der Waals surface area contributed by atoms with Gasteiger partial charge in [-0.25, -0.2) is 4.79 Å². The van der Waals surface area contributed by atoms with E-state index in [9.17, 15) is 60.0 Å². The van der Waals surface area contributed by atoms with Crippen LogP contribution in [-0.2, 0) is 38.1 Å². The second kappa shape index (κ2) is 26.5. The quantitative estimate of drug-likeness (QED) is 0.0370. The molecule has 0 spiro atoms. The molecule has 11 atom stereocenters. The topological polar surface area (TPSA) is 291 Å². The zero-order chi connectivity index (χ0) is 43.5. The Labute approximate surface area is 346 Å². The molecule has 0 aromatic carbocycles. The smallest absolute Gasteiger partial charge is 0.335 e. The number of rotatable bonds is 30. The Balaban J connectivity index is 1.11. The van der Waals surface area contributed by atoms with Gasteiger partial charge in [-0.3, -0.25) is 14.4 Å². The second-order valence-corrected chi connectivity index (χ2v) is 16.1. The minimum absolute atomic E-state index is 0.164. The summed E-state index contributed by atoms with van der Waals surface area (Å²) in [5, 5.41) is 89.9. The maximum absolute atomic E-state index is 12.5. The first-order chi connectivity index (χ1) is 28.2. The van der Waals surface area contributed by atoms with Crippen molar-refractivity contribution in [2.45, 2.75) is 202 Å². The maximum Gasteiger partial charge on any atom is 0.335 e. The van der Waals surface area contributed by atoms with Crippen molar-refractivity contribution >= 4 is 23.6 Å². The van der Waals surface area contributed by atoms with E-state index in [0.29, 0.717) is 12.8 Å². The molecule has 0 bridgehead atoms. The van der Waals surface area contributed by atoms with Crippen LogP contribution in [0.5, 0.6) is 0 Å². The SMILES string of the molecule is CN1C(=O)C(C(=O)CCCCCCCCCCCCCCCCCCCCCO[C@@H]2O[C@H](C(=O)O)[C@@H](O[C@@H]3O[C@H](CO)[C@@H](O)[C@H](O)[C@H]3O)[C@@H](O)[C@H]2O)=C(O)[C@H]1CC(=O)O. The number of nitrogens with zero attached hydrogens (tertiary/aromatic N) is 1. The van der Waals surface area contributed by atoms with Crippen molar-refractivity contribution in [1.82, 2.24) is 4.90 Å². The predicted octanol–water partition coefficient (Wildman–Crippen LogP) is 2.22. The molecule has 0 radical (unpaired) electrons. The monoisotopic (exact) mass is 847 g/mol. The summed E-state index contributed by atoms with van der Waals surface area (Å²) in [6.07, 6.45) is 3.29. The van der Waals surface area contributed by atoms with E-state index in [0.717, 1.165) is 56.3 Å². The number of hydrogen-bond acceptors (Lipinski definition) is 15. The van der Waals surface area contributed by atoms with Gasteiger partial charge in [0.05, 0.1) is 13.0 Å². The van der Waals surface area contributed by atoms with Gasteiger partial charge in [-0.1, -0.05) is 109 Å². The Morgan fingerprint density at radius 1 is 0.644 bits per heavy atom. The van der Waals surface area contributed by atoms with E-state index in [1.807, 2.05) is 0 Å². The number of Topliss-reactive ketones (excluding diaryl/α,β-unsaturated/α-hetero) is 1. The fourth-order valence-electron chi connectivity index (χ4n) is 7.82. The van der Waals surface area contributed by atoms with Gasteiger partial charge in [0, 0.05) is 20.1 Å². The number of carboxylic acid groups (broad SMARTS) is 2. The molecular weight excluding hydrogens is 778 g/mol. The van der Waals surface area contributed by atoms with Gasteiger partial charge in [-0.05, 0) is 12.8 Å². The fraction of sp³-hybridized carbons (Fsp3) is 0.854. The standard InChI is InChI=1S/C41H69NO17/c1-42-25(23-28(45)46)30(47)29(38(42)53)26(44)21-19-17-15-13-11-9-7-5-3-2-4-6-8-10-12-14-16-18-20-22-56-40-35(52)33(50)36(37(59-40)39(54)55)58-41-34(51)32(49)31(48)27(24-43)57-41/h25,27,31-37,40-41,43,47-52H,2-24H2,1H3,(H,45,46)(H,54,55)/t25-,27-,31-,32+,33+,34-,35-,36+,37+,40-,41+/m1/s1. The van der Waals surface area contributed by atoms with Crippen LogP contribution in [0.4, 0.5) is 0 Å². The highest BCUT2D eigenvalue weighted by molar-refractivity contribution is 6.21. The molecule has 3 rings (SSSR count). The van der Waals surface area contributed by atoms with E-state index in [4.69, 9.17) is 24.1 Å². The lowest BCUT2D eigenvalue weighted by atomic mass is 9.97. The highest BCUT2D eigenvalue weighted by atomic mass is 16.7. The third-order valence-electron chi connectivity index (χ3n) is 11.5. The van der Waals surface area contributed by atoms with Crippen molar-refractivity contribution in [3.8, 4) is 0 Å². The molecule has 3 heterocycles. The molecular formula is C41H69NO17. The second-order valence-electron chi connectivity index (χ2n) is 16.1. The van der Waals surface area contributed by atoms with Crippen molar-refractivity contribution in [2.75, 3.05) is 20.3 Å². The van der Waals surface area contributed by atoms with E-state index in [-0.39, 0.29) is 18.6 Å². The largest absolute Gasteiger partial charge is 0.509 e. The first-order valence-corrected chi connectivity index (χ1v) is 21.5. The molecule has 18 heteroatoms. The van der Waals surface area contributed by atoms with Crippen molar-refractivity contribution < 1.29 is 84.1 Å². The lowest BCUT2D eigenvalue weighted by Gasteiger charge is -2.45. The summed E-state index contributed by atoms with van der Waals surface area (Å²) in [5.74, 6) is -4.15. The van der Waals surface area contributed by atoms with E-state index < -0.39 is 110 Å². The fourth-order valence-corrected chi connectivity index (χ4v) is 7.82. The normalized spacial score (nSPS) is 30.0. The molecule has 2 fully saturated rings. The number of carboxylic acids is 2. The zero-order valence-corrected chi connectivity index (χ0v) is 34.4. The van der Waals surface area contributed by atoms with E-state index in [1.54, 1.807) is 0 Å². The molecule has 0 unspecified atom stereocenters. The molecule has 340 valence electrons. The van der Waals surface area contributed by atoms with Crippen molar-refractivity contribution in [3.63, 3.8) is 0 Å². The van der Waals surface area contributed by atoms with Gasteiger partial charge in [-0.2, -0.15) is 0 Å². The van der Waals surface area contributed by atoms with Gasteiger partial charge in [0.2, 0.25) is 0 Å². The zero-order valence-electron chi connectivity index (χ0n) is 34.4. The van der Waals surface area contributed by atoms with Gasteiger partial charge in [0.15, 0.2) is 24.5 Å². The third kappa shape index (κ3) is 15.6. The van der Waals surface area contributed by atoms with Crippen LogP contribution < -0.4 is 0 Å². The first kappa shape index (κ1) is 50.6. The Hall–Kier alpha value is -2.78. The number of likely N-dealkylation sites (N-methyl/N-ethyl adjacent to an activating group) is 1. The van der Waals surface area contributed by atoms with Crippen molar-refractivity contribution in [1.29, 1.82) is 0 Å². The molecule has 3 aliphatic rings. The summed E-state index contributed by atoms with van der Waals surface area (Å²) >= 11 is 0. The van der Waals surface area contributed by atoms with Gasteiger partial charge < -0.3 is 69.8 Å². The van der Waals surface area contributed by atoms with E-state index in [2.05, 4.69) is 0 Å². The molecule has 0 aromatic rings. The number of carbonyl (C=O) groups is 4. The molecule has 0 aromatic heterocycles. The van der Waals surface area contributed by atoms with Gasteiger partial charge in [-0.15, -0.1) is 0 Å². The van der Waals surface area contributed by atoms with Gasteiger partial charge in [0.1, 0.15) is 60.1 Å². The van der Waals surface area contributed by atoms with Crippen LogP contribution in [0, 0.1) is 0 Å². The number of unbranched alkanes of at least 4 members (excludes halogenated alkanes) is 18. The summed E-state index contributed by atoms with van der Waals surface area (Å²) in [6, 6.07) is -0.987. The number of aliphatic hydroxyl groups is 7. The molecule has 59 heavy (non-hydrogen) atoms. The van der Waals surface area contributed by atoms with E-state index in [1.165, 1.54) is 64.8 Å². The Morgan fingerprint density at radius 2 is 1.12 bits per heavy atom. The Bertz CT molecular complexity index is 1330. The summed E-state index contributed by atoms with van der Waals surface area (Å²) < 4.78 is 21.6. The molecule has 0 aliphatic carbocycles. The van der Waals surface area contributed by atoms with Crippen LogP contribution in [-0.4, -0.2) is 162 Å². The summed E-state index contributed by atoms with van der Waals surface area (Å²) in [6.45, 7) is -0.569. The number of aliphatic carboxylic acids is 2. The van der Waals surface area contributed by atoms with Crippen LogP contribution in [0.2, 0.25) is 0 Å².